The highest BCUT2D eigenvalue weighted by molar-refractivity contribution is 5.99. The van der Waals surface area contributed by atoms with Crippen LogP contribution in [0.1, 0.15) is 29.3 Å². The Morgan fingerprint density at radius 2 is 2.07 bits per heavy atom. The predicted octanol–water partition coefficient (Wildman–Crippen LogP) is 2.29. The minimum Gasteiger partial charge on any atom is -0.481 e. The molecule has 0 heterocycles. The summed E-state index contributed by atoms with van der Waals surface area (Å²) >= 11 is 0. The molecule has 0 amide bonds. The summed E-state index contributed by atoms with van der Waals surface area (Å²) in [4.78, 5) is 22.2. The molecule has 1 atom stereocenters. The molecule has 1 aromatic rings. The molecule has 1 unspecified atom stereocenters. The molecule has 0 fully saturated rings. The molecule has 1 aromatic carbocycles. The maximum atomic E-state index is 11.8. The molecule has 0 bridgehead atoms. The summed E-state index contributed by atoms with van der Waals surface area (Å²) in [7, 11) is 0. The first-order valence-electron chi connectivity index (χ1n) is 4.83. The van der Waals surface area contributed by atoms with Crippen molar-refractivity contribution in [2.45, 2.75) is 20.3 Å². The van der Waals surface area contributed by atoms with Crippen molar-refractivity contribution in [1.82, 2.24) is 0 Å². The Bertz CT molecular complexity index is 382. The number of Topliss-reactive ketones (excluding diaryl/α,β-unsaturated/α-hetero) is 1. The molecule has 1 rings (SSSR count). The van der Waals surface area contributed by atoms with Crippen LogP contribution in [0.25, 0.3) is 0 Å². The lowest BCUT2D eigenvalue weighted by molar-refractivity contribution is -0.137. The Morgan fingerprint density at radius 3 is 2.60 bits per heavy atom. The van der Waals surface area contributed by atoms with E-state index in [-0.39, 0.29) is 12.2 Å². The van der Waals surface area contributed by atoms with Crippen molar-refractivity contribution in [1.29, 1.82) is 0 Å². The number of ketones is 1. The molecule has 1 N–H and O–H groups in total. The van der Waals surface area contributed by atoms with Gasteiger partial charge in [0.05, 0.1) is 6.42 Å². The largest absolute Gasteiger partial charge is 0.481 e. The summed E-state index contributed by atoms with van der Waals surface area (Å²) in [5.74, 6) is -1.52. The van der Waals surface area contributed by atoms with Gasteiger partial charge >= 0.3 is 5.97 Å². The zero-order chi connectivity index (χ0) is 11.4. The van der Waals surface area contributed by atoms with E-state index in [2.05, 4.69) is 0 Å². The van der Waals surface area contributed by atoms with Crippen LogP contribution in [0.2, 0.25) is 0 Å². The standard InChI is InChI=1S/C12H14O3/c1-8-4-3-5-10(6-8)12(15)9(2)7-11(13)14/h3-6,9H,7H2,1-2H3,(H,13,14). The van der Waals surface area contributed by atoms with Gasteiger partial charge in [0.25, 0.3) is 0 Å². The maximum absolute atomic E-state index is 11.8. The molecule has 0 aromatic heterocycles. The highest BCUT2D eigenvalue weighted by Crippen LogP contribution is 2.13. The first kappa shape index (κ1) is 11.4. The van der Waals surface area contributed by atoms with Crippen molar-refractivity contribution in [3.63, 3.8) is 0 Å². The Balaban J connectivity index is 2.80. The van der Waals surface area contributed by atoms with Crippen LogP contribution in [-0.2, 0) is 4.79 Å². The Morgan fingerprint density at radius 1 is 1.40 bits per heavy atom. The van der Waals surface area contributed by atoms with Gasteiger partial charge in [-0.1, -0.05) is 30.7 Å². The van der Waals surface area contributed by atoms with E-state index in [1.54, 1.807) is 25.1 Å². The Hall–Kier alpha value is -1.64. The molecule has 3 nitrogen and oxygen atoms in total. The third-order valence-electron chi connectivity index (χ3n) is 2.23. The first-order chi connectivity index (χ1) is 7.00. The second kappa shape index (κ2) is 4.73. The quantitative estimate of drug-likeness (QED) is 0.769. The van der Waals surface area contributed by atoms with E-state index < -0.39 is 11.9 Å². The van der Waals surface area contributed by atoms with Crippen molar-refractivity contribution < 1.29 is 14.7 Å². The van der Waals surface area contributed by atoms with E-state index in [0.717, 1.165) is 5.56 Å². The molecule has 0 aliphatic heterocycles. The Labute approximate surface area is 88.7 Å². The van der Waals surface area contributed by atoms with E-state index in [9.17, 15) is 9.59 Å². The van der Waals surface area contributed by atoms with E-state index in [0.29, 0.717) is 5.56 Å². The second-order valence-electron chi connectivity index (χ2n) is 3.73. The molecule has 3 heteroatoms. The number of carboxylic acids is 1. The number of carbonyl (C=O) groups excluding carboxylic acids is 1. The van der Waals surface area contributed by atoms with Crippen LogP contribution >= 0.6 is 0 Å². The van der Waals surface area contributed by atoms with Crippen LogP contribution in [0.4, 0.5) is 0 Å². The smallest absolute Gasteiger partial charge is 0.304 e. The van der Waals surface area contributed by atoms with Crippen molar-refractivity contribution in [3.8, 4) is 0 Å². The number of aliphatic carboxylic acids is 1. The van der Waals surface area contributed by atoms with Crippen LogP contribution in [0.15, 0.2) is 24.3 Å². The minimum absolute atomic E-state index is 0.110. The number of hydrogen-bond donors (Lipinski definition) is 1. The monoisotopic (exact) mass is 206 g/mol. The van der Waals surface area contributed by atoms with Crippen LogP contribution in [0.3, 0.4) is 0 Å². The minimum atomic E-state index is -0.941. The van der Waals surface area contributed by atoms with Crippen molar-refractivity contribution in [2.24, 2.45) is 5.92 Å². The first-order valence-corrected chi connectivity index (χ1v) is 4.83. The third kappa shape index (κ3) is 3.20. The number of rotatable bonds is 4. The van der Waals surface area contributed by atoms with Gasteiger partial charge in [-0.2, -0.15) is 0 Å². The van der Waals surface area contributed by atoms with Crippen molar-refractivity contribution in [3.05, 3.63) is 35.4 Å². The lowest BCUT2D eigenvalue weighted by Gasteiger charge is -2.07. The molecule has 0 aliphatic carbocycles. The van der Waals surface area contributed by atoms with E-state index in [1.807, 2.05) is 13.0 Å². The fourth-order valence-corrected chi connectivity index (χ4v) is 1.44. The summed E-state index contributed by atoms with van der Waals surface area (Å²) in [5.41, 5.74) is 1.59. The highest BCUT2D eigenvalue weighted by Gasteiger charge is 2.17. The second-order valence-corrected chi connectivity index (χ2v) is 3.73. The van der Waals surface area contributed by atoms with Gasteiger partial charge in [-0.15, -0.1) is 0 Å². The van der Waals surface area contributed by atoms with Gasteiger partial charge in [-0.25, -0.2) is 0 Å². The van der Waals surface area contributed by atoms with Crippen molar-refractivity contribution in [2.75, 3.05) is 0 Å². The molecule has 0 saturated heterocycles. The molecule has 15 heavy (non-hydrogen) atoms. The lowest BCUT2D eigenvalue weighted by Crippen LogP contribution is -2.15. The number of benzene rings is 1. The molecular formula is C12H14O3. The highest BCUT2D eigenvalue weighted by atomic mass is 16.4. The van der Waals surface area contributed by atoms with Gasteiger partial charge in [0, 0.05) is 11.5 Å². The SMILES string of the molecule is Cc1cccc(C(=O)C(C)CC(=O)O)c1. The van der Waals surface area contributed by atoms with E-state index >= 15 is 0 Å². The molecule has 0 radical (unpaired) electrons. The van der Waals surface area contributed by atoms with E-state index in [1.165, 1.54) is 0 Å². The average molecular weight is 206 g/mol. The van der Waals surface area contributed by atoms with Crippen LogP contribution in [0, 0.1) is 12.8 Å². The summed E-state index contributed by atoms with van der Waals surface area (Å²) < 4.78 is 0. The zero-order valence-corrected chi connectivity index (χ0v) is 8.86. The van der Waals surface area contributed by atoms with Crippen LogP contribution in [0.5, 0.6) is 0 Å². The summed E-state index contributed by atoms with van der Waals surface area (Å²) in [6.07, 6.45) is -0.118. The number of carboxylic acid groups (broad SMARTS) is 1. The molecule has 80 valence electrons. The van der Waals surface area contributed by atoms with Gasteiger partial charge in [-0.05, 0) is 13.0 Å². The molecule has 0 aliphatic rings. The third-order valence-corrected chi connectivity index (χ3v) is 2.23. The van der Waals surface area contributed by atoms with Gasteiger partial charge in [0.15, 0.2) is 5.78 Å². The average Bonchev–Trinajstić information content (AvgIpc) is 2.15. The predicted molar refractivity (Wildman–Crippen MR) is 56.9 cm³/mol. The van der Waals surface area contributed by atoms with E-state index in [4.69, 9.17) is 5.11 Å². The summed E-state index contributed by atoms with van der Waals surface area (Å²) in [5, 5.41) is 8.58. The van der Waals surface area contributed by atoms with Gasteiger partial charge in [0.1, 0.15) is 0 Å². The lowest BCUT2D eigenvalue weighted by atomic mass is 9.95. The van der Waals surface area contributed by atoms with Gasteiger partial charge in [-0.3, -0.25) is 9.59 Å². The number of carbonyl (C=O) groups is 2. The van der Waals surface area contributed by atoms with Crippen molar-refractivity contribution >= 4 is 11.8 Å². The number of aryl methyl sites for hydroxylation is 1. The van der Waals surface area contributed by atoms with Gasteiger partial charge in [0.2, 0.25) is 0 Å². The normalized spacial score (nSPS) is 12.1. The fraction of sp³-hybridized carbons (Fsp3) is 0.333. The van der Waals surface area contributed by atoms with Crippen LogP contribution in [-0.4, -0.2) is 16.9 Å². The van der Waals surface area contributed by atoms with Gasteiger partial charge < -0.3 is 5.11 Å². The summed E-state index contributed by atoms with van der Waals surface area (Å²) in [6, 6.07) is 7.20. The molecular weight excluding hydrogens is 192 g/mol. The molecule has 0 spiro atoms. The van der Waals surface area contributed by atoms with Crippen LogP contribution < -0.4 is 0 Å². The topological polar surface area (TPSA) is 54.4 Å². The Kier molecular flexibility index (Phi) is 3.61. The molecule has 0 saturated carbocycles. The zero-order valence-electron chi connectivity index (χ0n) is 8.86. The maximum Gasteiger partial charge on any atom is 0.304 e. The number of hydrogen-bond acceptors (Lipinski definition) is 2. The fourth-order valence-electron chi connectivity index (χ4n) is 1.44. The summed E-state index contributed by atoms with van der Waals surface area (Å²) in [6.45, 7) is 3.54.